The van der Waals surface area contributed by atoms with E-state index in [9.17, 15) is 4.79 Å². The lowest BCUT2D eigenvalue weighted by atomic mass is 10.1. The maximum atomic E-state index is 11.9. The lowest BCUT2D eigenvalue weighted by molar-refractivity contribution is -0.126. The number of carbonyl (C=O) groups excluding carboxylic acids is 1. The van der Waals surface area contributed by atoms with Crippen molar-refractivity contribution in [3.8, 4) is 0 Å². The molecule has 1 unspecified atom stereocenters. The normalized spacial score (nSPS) is 24.1. The van der Waals surface area contributed by atoms with Crippen LogP contribution in [0.4, 0.5) is 0 Å². The van der Waals surface area contributed by atoms with Gasteiger partial charge in [0.2, 0.25) is 5.91 Å². The average molecular weight is 227 g/mol. The molecular weight excluding hydrogens is 202 g/mol. The Kier molecular flexibility index (Phi) is 5.77. The van der Waals surface area contributed by atoms with Gasteiger partial charge in [-0.25, -0.2) is 0 Å². The fourth-order valence-corrected chi connectivity index (χ4v) is 2.02. The van der Waals surface area contributed by atoms with Crippen LogP contribution in [0.3, 0.4) is 0 Å². The number of unbranched alkanes of at least 4 members (excludes halogenated alkanes) is 1. The Labute approximate surface area is 98.8 Å². The number of nitrogens with one attached hydrogen (secondary N) is 2. The molecule has 1 rings (SSSR count). The second-order valence-corrected chi connectivity index (χ2v) is 4.67. The van der Waals surface area contributed by atoms with Gasteiger partial charge < -0.3 is 10.6 Å². The summed E-state index contributed by atoms with van der Waals surface area (Å²) in [5, 5.41) is 6.38. The Morgan fingerprint density at radius 1 is 1.62 bits per heavy atom. The molecule has 0 radical (unpaired) electrons. The first kappa shape index (κ1) is 13.5. The molecule has 1 saturated heterocycles. The van der Waals surface area contributed by atoms with Gasteiger partial charge in [0.15, 0.2) is 0 Å². The zero-order valence-electron chi connectivity index (χ0n) is 10.8. The van der Waals surface area contributed by atoms with Crippen LogP contribution in [0.5, 0.6) is 0 Å². The van der Waals surface area contributed by atoms with Crippen LogP contribution in [0.15, 0.2) is 0 Å². The molecule has 1 heterocycles. The molecule has 0 aromatic carbocycles. The van der Waals surface area contributed by atoms with E-state index in [2.05, 4.69) is 29.4 Å². The smallest absolute Gasteiger partial charge is 0.237 e. The number of hydrogen-bond donors (Lipinski definition) is 2. The van der Waals surface area contributed by atoms with Crippen LogP contribution in [0.25, 0.3) is 0 Å². The first-order valence-corrected chi connectivity index (χ1v) is 6.40. The molecule has 16 heavy (non-hydrogen) atoms. The van der Waals surface area contributed by atoms with Crippen molar-refractivity contribution in [2.24, 2.45) is 0 Å². The van der Waals surface area contributed by atoms with Crippen molar-refractivity contribution in [2.45, 2.75) is 45.7 Å². The molecule has 0 spiro atoms. The summed E-state index contributed by atoms with van der Waals surface area (Å²) in [5.41, 5.74) is 0. The first-order valence-electron chi connectivity index (χ1n) is 6.40. The van der Waals surface area contributed by atoms with Gasteiger partial charge in [0.05, 0.1) is 6.04 Å². The van der Waals surface area contributed by atoms with Crippen LogP contribution in [0.2, 0.25) is 0 Å². The minimum atomic E-state index is 0.00130. The van der Waals surface area contributed by atoms with E-state index in [0.29, 0.717) is 6.04 Å². The fraction of sp³-hybridized carbons (Fsp3) is 0.917. The molecular formula is C12H25N3O. The van der Waals surface area contributed by atoms with Gasteiger partial charge in [0.25, 0.3) is 0 Å². The largest absolute Gasteiger partial charge is 0.355 e. The molecule has 94 valence electrons. The van der Waals surface area contributed by atoms with Crippen molar-refractivity contribution < 1.29 is 4.79 Å². The van der Waals surface area contributed by atoms with E-state index in [0.717, 1.165) is 39.0 Å². The van der Waals surface area contributed by atoms with Gasteiger partial charge in [0, 0.05) is 32.2 Å². The summed E-state index contributed by atoms with van der Waals surface area (Å²) in [4.78, 5) is 14.1. The summed E-state index contributed by atoms with van der Waals surface area (Å²) in [7, 11) is 0. The highest BCUT2D eigenvalue weighted by Crippen LogP contribution is 2.04. The Hall–Kier alpha value is -0.610. The van der Waals surface area contributed by atoms with Gasteiger partial charge in [-0.15, -0.1) is 0 Å². The molecule has 4 nitrogen and oxygen atoms in total. The van der Waals surface area contributed by atoms with Crippen LogP contribution < -0.4 is 10.6 Å². The van der Waals surface area contributed by atoms with E-state index in [1.165, 1.54) is 0 Å². The molecule has 1 aliphatic rings. The quantitative estimate of drug-likeness (QED) is 0.676. The van der Waals surface area contributed by atoms with E-state index in [-0.39, 0.29) is 11.9 Å². The molecule has 0 aliphatic carbocycles. The average Bonchev–Trinajstić information content (AvgIpc) is 2.28. The third kappa shape index (κ3) is 4.10. The molecule has 4 heteroatoms. The maximum absolute atomic E-state index is 11.9. The zero-order chi connectivity index (χ0) is 12.0. The zero-order valence-corrected chi connectivity index (χ0v) is 10.8. The number of nitrogens with zero attached hydrogens (tertiary/aromatic N) is 1. The van der Waals surface area contributed by atoms with Gasteiger partial charge in [-0.1, -0.05) is 13.3 Å². The van der Waals surface area contributed by atoms with Crippen molar-refractivity contribution in [1.82, 2.24) is 15.5 Å². The van der Waals surface area contributed by atoms with Gasteiger partial charge in [-0.2, -0.15) is 0 Å². The van der Waals surface area contributed by atoms with Crippen molar-refractivity contribution >= 4 is 5.91 Å². The van der Waals surface area contributed by atoms with E-state index >= 15 is 0 Å². The standard InChI is InChI=1S/C12H25N3O/c1-4-5-6-14-12(16)11(3)15-8-7-13-10(2)9-15/h10-11,13H,4-9H2,1-3H3,(H,14,16)/t10-,11?/m0/s1. The Morgan fingerprint density at radius 2 is 2.38 bits per heavy atom. The highest BCUT2D eigenvalue weighted by molar-refractivity contribution is 5.81. The van der Waals surface area contributed by atoms with Crippen molar-refractivity contribution in [3.05, 3.63) is 0 Å². The second-order valence-electron chi connectivity index (χ2n) is 4.67. The molecule has 1 aliphatic heterocycles. The van der Waals surface area contributed by atoms with Gasteiger partial charge in [0.1, 0.15) is 0 Å². The number of carbonyl (C=O) groups is 1. The summed E-state index contributed by atoms with van der Waals surface area (Å²) < 4.78 is 0. The number of amides is 1. The molecule has 2 atom stereocenters. The lowest BCUT2D eigenvalue weighted by Crippen LogP contribution is -2.55. The minimum Gasteiger partial charge on any atom is -0.355 e. The van der Waals surface area contributed by atoms with Crippen molar-refractivity contribution in [1.29, 1.82) is 0 Å². The maximum Gasteiger partial charge on any atom is 0.237 e. The van der Waals surface area contributed by atoms with E-state index < -0.39 is 0 Å². The van der Waals surface area contributed by atoms with Gasteiger partial charge in [-0.3, -0.25) is 9.69 Å². The van der Waals surface area contributed by atoms with Crippen LogP contribution in [0.1, 0.15) is 33.6 Å². The van der Waals surface area contributed by atoms with E-state index in [1.54, 1.807) is 0 Å². The number of hydrogen-bond acceptors (Lipinski definition) is 3. The fourth-order valence-electron chi connectivity index (χ4n) is 2.02. The summed E-state index contributed by atoms with van der Waals surface area (Å²) in [6.07, 6.45) is 2.19. The van der Waals surface area contributed by atoms with Crippen LogP contribution in [0, 0.1) is 0 Å². The monoisotopic (exact) mass is 227 g/mol. The van der Waals surface area contributed by atoms with Crippen LogP contribution in [-0.4, -0.2) is 49.1 Å². The Morgan fingerprint density at radius 3 is 3.00 bits per heavy atom. The molecule has 0 bridgehead atoms. The SMILES string of the molecule is CCCCNC(=O)C(C)N1CCN[C@@H](C)C1. The van der Waals surface area contributed by atoms with Crippen molar-refractivity contribution in [2.75, 3.05) is 26.2 Å². The molecule has 0 aromatic heterocycles. The molecule has 0 aromatic rings. The third-order valence-corrected chi connectivity index (χ3v) is 3.16. The summed E-state index contributed by atoms with van der Waals surface area (Å²) >= 11 is 0. The molecule has 2 N–H and O–H groups in total. The summed E-state index contributed by atoms with van der Waals surface area (Å²) in [6.45, 7) is 10.0. The third-order valence-electron chi connectivity index (χ3n) is 3.16. The molecule has 1 amide bonds. The summed E-state index contributed by atoms with van der Waals surface area (Å²) in [5.74, 6) is 0.169. The molecule has 1 fully saturated rings. The lowest BCUT2D eigenvalue weighted by Gasteiger charge is -2.35. The predicted molar refractivity (Wildman–Crippen MR) is 66.4 cm³/mol. The highest BCUT2D eigenvalue weighted by atomic mass is 16.2. The number of piperazine rings is 1. The van der Waals surface area contributed by atoms with Crippen LogP contribution in [-0.2, 0) is 4.79 Å². The first-order chi connectivity index (χ1) is 7.65. The van der Waals surface area contributed by atoms with Crippen LogP contribution >= 0.6 is 0 Å². The molecule has 0 saturated carbocycles. The van der Waals surface area contributed by atoms with Gasteiger partial charge in [-0.05, 0) is 20.3 Å². The van der Waals surface area contributed by atoms with E-state index in [1.807, 2.05) is 6.92 Å². The Bertz CT molecular complexity index is 220. The topological polar surface area (TPSA) is 44.4 Å². The van der Waals surface area contributed by atoms with Crippen molar-refractivity contribution in [3.63, 3.8) is 0 Å². The van der Waals surface area contributed by atoms with Gasteiger partial charge >= 0.3 is 0 Å². The minimum absolute atomic E-state index is 0.00130. The highest BCUT2D eigenvalue weighted by Gasteiger charge is 2.24. The second kappa shape index (κ2) is 6.86. The predicted octanol–water partition coefficient (Wildman–Crippen LogP) is 0.585. The van der Waals surface area contributed by atoms with E-state index in [4.69, 9.17) is 0 Å². The number of rotatable bonds is 5. The summed E-state index contributed by atoms with van der Waals surface area (Å²) in [6, 6.07) is 0.487. The Balaban J connectivity index is 2.31.